The lowest BCUT2D eigenvalue weighted by molar-refractivity contribution is -0.118. The van der Waals surface area contributed by atoms with Gasteiger partial charge in [-0.1, -0.05) is 43.4 Å². The zero-order chi connectivity index (χ0) is 18.4. The van der Waals surface area contributed by atoms with E-state index in [-0.39, 0.29) is 12.5 Å². The lowest BCUT2D eigenvalue weighted by Gasteiger charge is -2.14. The molecule has 0 unspecified atom stereocenters. The molecule has 1 N–H and O–H groups in total. The van der Waals surface area contributed by atoms with Gasteiger partial charge in [-0.3, -0.25) is 10.1 Å². The minimum absolute atomic E-state index is 0.0288. The van der Waals surface area contributed by atoms with Crippen molar-refractivity contribution in [3.05, 3.63) is 34.8 Å². The third kappa shape index (κ3) is 4.92. The fraction of sp³-hybridized carbons (Fsp3) is 0.500. The Morgan fingerprint density at radius 3 is 2.69 bits per heavy atom. The van der Waals surface area contributed by atoms with Crippen LogP contribution in [0, 0.1) is 0 Å². The predicted octanol–water partition coefficient (Wildman–Crippen LogP) is 4.94. The molecule has 8 heteroatoms. The molecule has 140 valence electrons. The average Bonchev–Trinajstić information content (AvgIpc) is 3.34. The number of hydrogen-bond donors (Lipinski definition) is 1. The molecule has 1 aromatic heterocycles. The number of hydrogen-bond acceptors (Lipinski definition) is 7. The maximum atomic E-state index is 12.2. The summed E-state index contributed by atoms with van der Waals surface area (Å²) in [6, 6.07) is 7.96. The van der Waals surface area contributed by atoms with Gasteiger partial charge in [0, 0.05) is 23.0 Å². The molecule has 0 bridgehead atoms. The van der Waals surface area contributed by atoms with Crippen molar-refractivity contribution < 1.29 is 9.53 Å². The first-order valence-electron chi connectivity index (χ1n) is 8.79. The lowest BCUT2D eigenvalue weighted by Crippen LogP contribution is -2.20. The van der Waals surface area contributed by atoms with Gasteiger partial charge in [-0.15, -0.1) is 33.7 Å². The molecule has 2 aromatic rings. The second kappa shape index (κ2) is 9.62. The fourth-order valence-corrected chi connectivity index (χ4v) is 6.67. The molecule has 3 rings (SSSR count). The molecule has 0 radical (unpaired) electrons. The van der Waals surface area contributed by atoms with Crippen molar-refractivity contribution in [2.75, 3.05) is 23.4 Å². The number of ether oxygens (including phenoxy) is 1. The molecule has 0 atom stereocenters. The Bertz CT molecular complexity index is 728. The van der Waals surface area contributed by atoms with Crippen LogP contribution in [-0.2, 0) is 4.79 Å². The summed E-state index contributed by atoms with van der Waals surface area (Å²) in [6.07, 6.45) is 2.05. The van der Waals surface area contributed by atoms with E-state index in [0.717, 1.165) is 40.7 Å². The van der Waals surface area contributed by atoms with E-state index in [1.165, 1.54) is 11.3 Å². The van der Waals surface area contributed by atoms with Crippen molar-refractivity contribution in [3.8, 4) is 5.75 Å². The average molecular weight is 410 g/mol. The first-order valence-corrected chi connectivity index (χ1v) is 11.7. The standard InChI is InChI=1S/C18H23N3O2S3/c1-3-12(4-2)16-20-21-18(26-16)19-15(22)11-23-14-8-6-5-7-13(14)17-24-9-10-25-17/h5-8,12,17H,3-4,9-11H2,1-2H3,(H,19,21,22). The van der Waals surface area contributed by atoms with E-state index in [4.69, 9.17) is 4.74 Å². The molecule has 1 aliphatic rings. The number of para-hydroxylation sites is 1. The van der Waals surface area contributed by atoms with Crippen LogP contribution >= 0.6 is 34.9 Å². The van der Waals surface area contributed by atoms with Crippen molar-refractivity contribution in [1.82, 2.24) is 10.2 Å². The van der Waals surface area contributed by atoms with E-state index in [1.54, 1.807) is 0 Å². The van der Waals surface area contributed by atoms with Gasteiger partial charge in [0.05, 0.1) is 4.58 Å². The molecule has 5 nitrogen and oxygen atoms in total. The van der Waals surface area contributed by atoms with Gasteiger partial charge in [0.2, 0.25) is 5.13 Å². The Hall–Kier alpha value is -1.25. The highest BCUT2D eigenvalue weighted by Crippen LogP contribution is 2.48. The molecular weight excluding hydrogens is 386 g/mol. The van der Waals surface area contributed by atoms with Crippen LogP contribution in [0.5, 0.6) is 5.75 Å². The zero-order valence-electron chi connectivity index (χ0n) is 14.9. The van der Waals surface area contributed by atoms with E-state index in [0.29, 0.717) is 15.6 Å². The van der Waals surface area contributed by atoms with Crippen LogP contribution in [0.15, 0.2) is 24.3 Å². The van der Waals surface area contributed by atoms with E-state index >= 15 is 0 Å². The van der Waals surface area contributed by atoms with Gasteiger partial charge in [0.1, 0.15) is 10.8 Å². The van der Waals surface area contributed by atoms with Crippen LogP contribution in [0.4, 0.5) is 5.13 Å². The molecule has 0 spiro atoms. The van der Waals surface area contributed by atoms with Crippen molar-refractivity contribution in [2.24, 2.45) is 0 Å². The van der Waals surface area contributed by atoms with Gasteiger partial charge in [-0.2, -0.15) is 0 Å². The Balaban J connectivity index is 1.56. The Labute approximate surface area is 166 Å². The highest BCUT2D eigenvalue weighted by atomic mass is 32.2. The highest BCUT2D eigenvalue weighted by molar-refractivity contribution is 8.19. The molecule has 1 aromatic carbocycles. The van der Waals surface area contributed by atoms with Crippen LogP contribution in [0.1, 0.15) is 47.8 Å². The number of aromatic nitrogens is 2. The van der Waals surface area contributed by atoms with Crippen molar-refractivity contribution in [1.29, 1.82) is 0 Å². The van der Waals surface area contributed by atoms with Gasteiger partial charge < -0.3 is 4.74 Å². The van der Waals surface area contributed by atoms with E-state index in [2.05, 4.69) is 35.4 Å². The smallest absolute Gasteiger partial charge is 0.264 e. The van der Waals surface area contributed by atoms with E-state index in [9.17, 15) is 4.79 Å². The monoisotopic (exact) mass is 409 g/mol. The number of thioether (sulfide) groups is 2. The van der Waals surface area contributed by atoms with Gasteiger partial charge in [0.25, 0.3) is 5.91 Å². The molecule has 1 aliphatic heterocycles. The second-order valence-electron chi connectivity index (χ2n) is 5.91. The molecular formula is C18H23N3O2S3. The van der Waals surface area contributed by atoms with Crippen LogP contribution in [0.25, 0.3) is 0 Å². The Morgan fingerprint density at radius 1 is 1.23 bits per heavy atom. The summed E-state index contributed by atoms with van der Waals surface area (Å²) in [6.45, 7) is 4.25. The topological polar surface area (TPSA) is 64.1 Å². The third-order valence-corrected chi connectivity index (χ3v) is 8.24. The second-order valence-corrected chi connectivity index (χ2v) is 9.64. The highest BCUT2D eigenvalue weighted by Gasteiger charge is 2.22. The molecule has 2 heterocycles. The maximum Gasteiger partial charge on any atom is 0.264 e. The van der Waals surface area contributed by atoms with Crippen molar-refractivity contribution in [2.45, 2.75) is 37.2 Å². The van der Waals surface area contributed by atoms with Crippen molar-refractivity contribution >= 4 is 45.9 Å². The fourth-order valence-electron chi connectivity index (χ4n) is 2.73. The van der Waals surface area contributed by atoms with Crippen LogP contribution in [0.2, 0.25) is 0 Å². The molecule has 0 saturated carbocycles. The number of nitrogens with one attached hydrogen (secondary N) is 1. The van der Waals surface area contributed by atoms with E-state index in [1.807, 2.05) is 41.7 Å². The number of anilines is 1. The van der Waals surface area contributed by atoms with Gasteiger partial charge >= 0.3 is 0 Å². The summed E-state index contributed by atoms with van der Waals surface area (Å²) in [4.78, 5) is 12.2. The van der Waals surface area contributed by atoms with Gasteiger partial charge in [-0.05, 0) is 18.9 Å². The first-order chi connectivity index (χ1) is 12.7. The first kappa shape index (κ1) is 19.5. The molecule has 1 amide bonds. The maximum absolute atomic E-state index is 12.2. The number of rotatable bonds is 8. The van der Waals surface area contributed by atoms with Crippen LogP contribution in [-0.4, -0.2) is 34.2 Å². The number of carbonyl (C=O) groups excluding carboxylic acids is 1. The minimum atomic E-state index is -0.209. The Morgan fingerprint density at radius 2 is 1.96 bits per heavy atom. The minimum Gasteiger partial charge on any atom is -0.483 e. The van der Waals surface area contributed by atoms with Crippen LogP contribution in [0.3, 0.4) is 0 Å². The van der Waals surface area contributed by atoms with E-state index < -0.39 is 0 Å². The number of carbonyl (C=O) groups is 1. The number of amides is 1. The summed E-state index contributed by atoms with van der Waals surface area (Å²) in [5.74, 6) is 3.28. The van der Waals surface area contributed by atoms with Gasteiger partial charge in [0.15, 0.2) is 6.61 Å². The van der Waals surface area contributed by atoms with Crippen LogP contribution < -0.4 is 10.1 Å². The zero-order valence-corrected chi connectivity index (χ0v) is 17.4. The lowest BCUT2D eigenvalue weighted by atomic mass is 10.1. The third-order valence-electron chi connectivity index (χ3n) is 4.18. The summed E-state index contributed by atoms with van der Waals surface area (Å²) >= 11 is 5.29. The molecule has 1 saturated heterocycles. The largest absolute Gasteiger partial charge is 0.483 e. The summed E-state index contributed by atoms with van der Waals surface area (Å²) in [7, 11) is 0. The Kier molecular flexibility index (Phi) is 7.22. The molecule has 1 fully saturated rings. The van der Waals surface area contributed by atoms with Gasteiger partial charge in [-0.25, -0.2) is 0 Å². The number of nitrogens with zero attached hydrogens (tertiary/aromatic N) is 2. The summed E-state index contributed by atoms with van der Waals surface area (Å²) < 4.78 is 6.19. The molecule has 0 aliphatic carbocycles. The summed E-state index contributed by atoms with van der Waals surface area (Å²) in [5.41, 5.74) is 1.15. The number of benzene rings is 1. The van der Waals surface area contributed by atoms with Crippen molar-refractivity contribution in [3.63, 3.8) is 0 Å². The normalized spacial score (nSPS) is 14.7. The summed E-state index contributed by atoms with van der Waals surface area (Å²) in [5, 5.41) is 12.6. The quantitative estimate of drug-likeness (QED) is 0.666. The predicted molar refractivity (Wildman–Crippen MR) is 111 cm³/mol. The molecule has 26 heavy (non-hydrogen) atoms. The SMILES string of the molecule is CCC(CC)c1nnc(NC(=O)COc2ccccc2C2SCCS2)s1.